The lowest BCUT2D eigenvalue weighted by molar-refractivity contribution is 0.407. The van der Waals surface area contributed by atoms with E-state index in [0.29, 0.717) is 0 Å². The van der Waals surface area contributed by atoms with Crippen molar-refractivity contribution in [1.29, 1.82) is 0 Å². The molecule has 0 aliphatic heterocycles. The summed E-state index contributed by atoms with van der Waals surface area (Å²) in [6, 6.07) is 5.61. The van der Waals surface area contributed by atoms with Gasteiger partial charge in [0.2, 0.25) is 0 Å². The summed E-state index contributed by atoms with van der Waals surface area (Å²) in [5, 5.41) is 4.03. The van der Waals surface area contributed by atoms with E-state index in [1.165, 1.54) is 0 Å². The molecule has 0 amide bonds. The third-order valence-electron chi connectivity index (χ3n) is 2.23. The van der Waals surface area contributed by atoms with Gasteiger partial charge in [-0.15, -0.1) is 12.3 Å². The molecular weight excluding hydrogens is 222 g/mol. The summed E-state index contributed by atoms with van der Waals surface area (Å²) in [6.07, 6.45) is 6.96. The fourth-order valence-corrected chi connectivity index (χ4v) is 1.62. The second-order valence-corrected chi connectivity index (χ2v) is 3.88. The van der Waals surface area contributed by atoms with E-state index >= 15 is 0 Å². The molecule has 0 aliphatic rings. The zero-order valence-electron chi connectivity index (χ0n) is 9.42. The number of terminal acetylenes is 1. The standard InChI is InChI=1S/C13H16ClNO/c1-3-4-5-8-15-10-11-9-12(14)6-7-13(11)16-2/h1,6-7,9,15H,4-5,8,10H2,2H3. The highest BCUT2D eigenvalue weighted by Crippen LogP contribution is 2.22. The molecule has 1 aromatic carbocycles. The zero-order chi connectivity index (χ0) is 11.8. The van der Waals surface area contributed by atoms with Crippen LogP contribution in [0.25, 0.3) is 0 Å². The SMILES string of the molecule is C#CCCCNCc1cc(Cl)ccc1OC. The molecule has 0 spiro atoms. The number of halogens is 1. The lowest BCUT2D eigenvalue weighted by atomic mass is 10.2. The van der Waals surface area contributed by atoms with Crippen molar-refractivity contribution in [3.63, 3.8) is 0 Å². The highest BCUT2D eigenvalue weighted by atomic mass is 35.5. The molecule has 0 radical (unpaired) electrons. The van der Waals surface area contributed by atoms with Crippen molar-refractivity contribution in [2.24, 2.45) is 0 Å². The first-order chi connectivity index (χ1) is 7.77. The number of nitrogens with one attached hydrogen (secondary N) is 1. The lowest BCUT2D eigenvalue weighted by Gasteiger charge is -2.09. The molecule has 0 saturated carbocycles. The van der Waals surface area contributed by atoms with E-state index in [-0.39, 0.29) is 0 Å². The molecular formula is C13H16ClNO. The van der Waals surface area contributed by atoms with Gasteiger partial charge < -0.3 is 10.1 Å². The summed E-state index contributed by atoms with van der Waals surface area (Å²) >= 11 is 5.93. The van der Waals surface area contributed by atoms with Crippen LogP contribution in [0.15, 0.2) is 18.2 Å². The van der Waals surface area contributed by atoms with Crippen LogP contribution in [0.4, 0.5) is 0 Å². The van der Waals surface area contributed by atoms with E-state index in [2.05, 4.69) is 11.2 Å². The van der Waals surface area contributed by atoms with Crippen molar-refractivity contribution in [1.82, 2.24) is 5.32 Å². The average Bonchev–Trinajstić information content (AvgIpc) is 2.29. The molecule has 0 unspecified atom stereocenters. The van der Waals surface area contributed by atoms with Crippen LogP contribution in [0.1, 0.15) is 18.4 Å². The molecule has 2 nitrogen and oxygen atoms in total. The fourth-order valence-electron chi connectivity index (χ4n) is 1.42. The second-order valence-electron chi connectivity index (χ2n) is 3.44. The second kappa shape index (κ2) is 7.16. The van der Waals surface area contributed by atoms with Gasteiger partial charge in [0.1, 0.15) is 5.75 Å². The Morgan fingerprint density at radius 2 is 2.31 bits per heavy atom. The summed E-state index contributed by atoms with van der Waals surface area (Å²) in [5.41, 5.74) is 1.07. The average molecular weight is 238 g/mol. The van der Waals surface area contributed by atoms with Crippen LogP contribution in [-0.4, -0.2) is 13.7 Å². The number of rotatable bonds is 6. The Morgan fingerprint density at radius 1 is 1.50 bits per heavy atom. The van der Waals surface area contributed by atoms with Gasteiger partial charge in [0.15, 0.2) is 0 Å². The number of hydrogen-bond donors (Lipinski definition) is 1. The first-order valence-electron chi connectivity index (χ1n) is 5.24. The highest BCUT2D eigenvalue weighted by molar-refractivity contribution is 6.30. The number of methoxy groups -OCH3 is 1. The van der Waals surface area contributed by atoms with Crippen LogP contribution in [0, 0.1) is 12.3 Å². The largest absolute Gasteiger partial charge is 0.496 e. The molecule has 0 aliphatic carbocycles. The van der Waals surface area contributed by atoms with E-state index in [1.54, 1.807) is 7.11 Å². The normalized spacial score (nSPS) is 9.81. The van der Waals surface area contributed by atoms with Gasteiger partial charge in [-0.1, -0.05) is 11.6 Å². The minimum Gasteiger partial charge on any atom is -0.496 e. The van der Waals surface area contributed by atoms with Crippen LogP contribution < -0.4 is 10.1 Å². The van der Waals surface area contributed by atoms with E-state index in [0.717, 1.165) is 42.3 Å². The Balaban J connectivity index is 2.46. The van der Waals surface area contributed by atoms with Gasteiger partial charge in [0.05, 0.1) is 7.11 Å². The van der Waals surface area contributed by atoms with Crippen molar-refractivity contribution in [3.05, 3.63) is 28.8 Å². The van der Waals surface area contributed by atoms with E-state index < -0.39 is 0 Å². The quantitative estimate of drug-likeness (QED) is 0.607. The molecule has 1 aromatic rings. The lowest BCUT2D eigenvalue weighted by Crippen LogP contribution is -2.15. The molecule has 0 atom stereocenters. The first kappa shape index (κ1) is 12.9. The maximum atomic E-state index is 5.93. The summed E-state index contributed by atoms with van der Waals surface area (Å²) in [5.74, 6) is 3.47. The fraction of sp³-hybridized carbons (Fsp3) is 0.385. The van der Waals surface area contributed by atoms with E-state index in [9.17, 15) is 0 Å². The minimum atomic E-state index is 0.723. The number of benzene rings is 1. The number of unbranched alkanes of at least 4 members (excludes halogenated alkanes) is 1. The number of hydrogen-bond acceptors (Lipinski definition) is 2. The van der Waals surface area contributed by atoms with Crippen molar-refractivity contribution in [2.75, 3.05) is 13.7 Å². The Morgan fingerprint density at radius 3 is 3.00 bits per heavy atom. The summed E-state index contributed by atoms with van der Waals surface area (Å²) in [6.45, 7) is 1.65. The Labute approximate surface area is 102 Å². The van der Waals surface area contributed by atoms with Crippen LogP contribution >= 0.6 is 11.6 Å². The third kappa shape index (κ3) is 4.14. The van der Waals surface area contributed by atoms with Crippen LogP contribution in [0.2, 0.25) is 5.02 Å². The van der Waals surface area contributed by atoms with Crippen LogP contribution in [0.3, 0.4) is 0 Å². The van der Waals surface area contributed by atoms with E-state index in [4.69, 9.17) is 22.8 Å². The molecule has 0 fully saturated rings. The molecule has 1 rings (SSSR count). The predicted octanol–water partition coefficient (Wildman–Crippen LogP) is 2.85. The van der Waals surface area contributed by atoms with Crippen LogP contribution in [0.5, 0.6) is 5.75 Å². The number of ether oxygens (including phenoxy) is 1. The molecule has 16 heavy (non-hydrogen) atoms. The summed E-state index contributed by atoms with van der Waals surface area (Å²) in [7, 11) is 1.66. The van der Waals surface area contributed by atoms with Gasteiger partial charge in [-0.2, -0.15) is 0 Å². The molecule has 0 heterocycles. The van der Waals surface area contributed by atoms with E-state index in [1.807, 2.05) is 18.2 Å². The van der Waals surface area contributed by atoms with Crippen molar-refractivity contribution in [2.45, 2.75) is 19.4 Å². The van der Waals surface area contributed by atoms with Gasteiger partial charge in [-0.25, -0.2) is 0 Å². The zero-order valence-corrected chi connectivity index (χ0v) is 10.2. The van der Waals surface area contributed by atoms with Gasteiger partial charge in [-0.3, -0.25) is 0 Å². The van der Waals surface area contributed by atoms with Crippen molar-refractivity contribution < 1.29 is 4.74 Å². The summed E-state index contributed by atoms with van der Waals surface area (Å²) < 4.78 is 5.25. The minimum absolute atomic E-state index is 0.723. The Hall–Kier alpha value is -1.17. The molecule has 86 valence electrons. The van der Waals surface area contributed by atoms with Gasteiger partial charge in [-0.05, 0) is 31.2 Å². The van der Waals surface area contributed by atoms with Crippen molar-refractivity contribution in [3.8, 4) is 18.1 Å². The smallest absolute Gasteiger partial charge is 0.123 e. The maximum absolute atomic E-state index is 5.93. The van der Waals surface area contributed by atoms with Gasteiger partial charge >= 0.3 is 0 Å². The Kier molecular flexibility index (Phi) is 5.77. The molecule has 1 N–H and O–H groups in total. The summed E-state index contributed by atoms with van der Waals surface area (Å²) in [4.78, 5) is 0. The first-order valence-corrected chi connectivity index (χ1v) is 5.62. The molecule has 3 heteroatoms. The van der Waals surface area contributed by atoms with Crippen LogP contribution in [-0.2, 0) is 6.54 Å². The van der Waals surface area contributed by atoms with Crippen molar-refractivity contribution >= 4 is 11.6 Å². The molecule has 0 bridgehead atoms. The topological polar surface area (TPSA) is 21.3 Å². The van der Waals surface area contributed by atoms with Gasteiger partial charge in [0, 0.05) is 23.6 Å². The maximum Gasteiger partial charge on any atom is 0.123 e. The van der Waals surface area contributed by atoms with Gasteiger partial charge in [0.25, 0.3) is 0 Å². The Bertz CT molecular complexity index is 371. The third-order valence-corrected chi connectivity index (χ3v) is 2.47. The molecule has 0 saturated heterocycles. The molecule has 0 aromatic heterocycles. The highest BCUT2D eigenvalue weighted by Gasteiger charge is 2.02. The monoisotopic (exact) mass is 237 g/mol. The predicted molar refractivity (Wildman–Crippen MR) is 67.8 cm³/mol.